The first kappa shape index (κ1) is 19.2. The van der Waals surface area contributed by atoms with Gasteiger partial charge in [-0.05, 0) is 48.9 Å². The Bertz CT molecular complexity index is 443. The molecule has 0 aliphatic heterocycles. The molecule has 0 unspecified atom stereocenters. The van der Waals surface area contributed by atoms with E-state index in [1.54, 1.807) is 0 Å². The number of allylic oxidation sites excluding steroid dienone is 1. The summed E-state index contributed by atoms with van der Waals surface area (Å²) in [6, 6.07) is 10.7. The molecule has 0 fully saturated rings. The van der Waals surface area contributed by atoms with Gasteiger partial charge in [0.15, 0.2) is 8.32 Å². The fourth-order valence-corrected chi connectivity index (χ4v) is 3.09. The van der Waals surface area contributed by atoms with Crippen LogP contribution in [0.3, 0.4) is 0 Å². The van der Waals surface area contributed by atoms with Gasteiger partial charge in [-0.3, -0.25) is 0 Å². The zero-order valence-corrected chi connectivity index (χ0v) is 16.4. The molecular weight excluding hydrogens is 284 g/mol. The van der Waals surface area contributed by atoms with Crippen LogP contribution in [0.25, 0.3) is 0 Å². The molecular formula is C20H34OSi. The molecule has 124 valence electrons. The molecule has 0 aliphatic rings. The monoisotopic (exact) mass is 318 g/mol. The maximum absolute atomic E-state index is 6.35. The lowest BCUT2D eigenvalue weighted by Crippen LogP contribution is -2.41. The van der Waals surface area contributed by atoms with Crippen LogP contribution in [-0.2, 0) is 10.8 Å². The summed E-state index contributed by atoms with van der Waals surface area (Å²) in [5.74, 6) is 0.546. The molecule has 1 aromatic carbocycles. The van der Waals surface area contributed by atoms with E-state index in [0.29, 0.717) is 11.0 Å². The smallest absolute Gasteiger partial charge is 0.192 e. The van der Waals surface area contributed by atoms with Crippen molar-refractivity contribution in [2.75, 3.05) is 6.61 Å². The second-order valence-electron chi connectivity index (χ2n) is 7.69. The van der Waals surface area contributed by atoms with Crippen molar-refractivity contribution in [3.63, 3.8) is 0 Å². The fourth-order valence-electron chi connectivity index (χ4n) is 2.02. The predicted octanol–water partition coefficient (Wildman–Crippen LogP) is 6.22. The van der Waals surface area contributed by atoms with Gasteiger partial charge in [-0.25, -0.2) is 0 Å². The van der Waals surface area contributed by atoms with Crippen LogP contribution >= 0.6 is 0 Å². The Hall–Kier alpha value is -0.863. The summed E-state index contributed by atoms with van der Waals surface area (Å²) in [4.78, 5) is 0. The summed E-state index contributed by atoms with van der Waals surface area (Å²) in [6.07, 6.45) is 8.07. The molecule has 0 heterocycles. The number of hydrogen-bond donors (Lipinski definition) is 0. The van der Waals surface area contributed by atoms with Crippen molar-refractivity contribution in [2.24, 2.45) is 5.92 Å². The lowest BCUT2D eigenvalue weighted by atomic mass is 10.1. The summed E-state index contributed by atoms with van der Waals surface area (Å²) in [7, 11) is -1.62. The van der Waals surface area contributed by atoms with Crippen LogP contribution in [0, 0.1) is 5.92 Å². The van der Waals surface area contributed by atoms with Crippen LogP contribution in [0.1, 0.15) is 46.1 Å². The van der Waals surface area contributed by atoms with Gasteiger partial charge < -0.3 is 4.43 Å². The Morgan fingerprint density at radius 3 is 2.32 bits per heavy atom. The van der Waals surface area contributed by atoms with Gasteiger partial charge in [0.25, 0.3) is 0 Å². The van der Waals surface area contributed by atoms with Crippen LogP contribution in [0.15, 0.2) is 42.5 Å². The highest BCUT2D eigenvalue weighted by atomic mass is 28.4. The van der Waals surface area contributed by atoms with E-state index in [2.05, 4.69) is 83.3 Å². The van der Waals surface area contributed by atoms with E-state index < -0.39 is 8.32 Å². The minimum Gasteiger partial charge on any atom is -0.416 e. The maximum Gasteiger partial charge on any atom is 0.192 e. The van der Waals surface area contributed by atoms with E-state index in [0.717, 1.165) is 25.9 Å². The first-order chi connectivity index (χ1) is 10.3. The highest BCUT2D eigenvalue weighted by Gasteiger charge is 2.37. The first-order valence-electron chi connectivity index (χ1n) is 8.61. The van der Waals surface area contributed by atoms with Gasteiger partial charge in [-0.15, -0.1) is 0 Å². The topological polar surface area (TPSA) is 9.23 Å². The lowest BCUT2D eigenvalue weighted by Gasteiger charge is -2.37. The molecule has 22 heavy (non-hydrogen) atoms. The molecule has 2 heteroatoms. The van der Waals surface area contributed by atoms with Crippen LogP contribution in [0.5, 0.6) is 0 Å². The van der Waals surface area contributed by atoms with E-state index in [1.165, 1.54) is 5.56 Å². The number of benzene rings is 1. The van der Waals surface area contributed by atoms with Crippen molar-refractivity contribution in [1.82, 2.24) is 0 Å². The van der Waals surface area contributed by atoms with Gasteiger partial charge in [0.2, 0.25) is 0 Å². The van der Waals surface area contributed by atoms with Crippen molar-refractivity contribution < 1.29 is 4.43 Å². The van der Waals surface area contributed by atoms with Crippen LogP contribution in [0.2, 0.25) is 18.1 Å². The molecule has 0 aliphatic carbocycles. The minimum atomic E-state index is -1.62. The zero-order chi connectivity index (χ0) is 16.6. The molecule has 1 rings (SSSR count). The third kappa shape index (κ3) is 6.49. The SMILES string of the molecule is CC[C@@H](/C=C/CCc1ccccc1)CO[Si](C)(C)C(C)(C)C. The molecule has 0 bridgehead atoms. The van der Waals surface area contributed by atoms with Gasteiger partial charge in [0, 0.05) is 6.61 Å². The second-order valence-corrected chi connectivity index (χ2v) is 12.5. The Kier molecular flexibility index (Phi) is 7.57. The first-order valence-corrected chi connectivity index (χ1v) is 11.5. The number of aryl methyl sites for hydroxylation is 1. The average Bonchev–Trinajstić information content (AvgIpc) is 2.46. The Labute approximate surface area is 138 Å². The molecule has 0 spiro atoms. The van der Waals surface area contributed by atoms with Crippen LogP contribution < -0.4 is 0 Å². The molecule has 0 N–H and O–H groups in total. The molecule has 1 atom stereocenters. The summed E-state index contributed by atoms with van der Waals surface area (Å²) in [5, 5.41) is 0.294. The van der Waals surface area contributed by atoms with Crippen molar-refractivity contribution in [2.45, 2.75) is 65.1 Å². The second kappa shape index (κ2) is 8.69. The number of hydrogen-bond acceptors (Lipinski definition) is 1. The average molecular weight is 319 g/mol. The predicted molar refractivity (Wildman–Crippen MR) is 101 cm³/mol. The fraction of sp³-hybridized carbons (Fsp3) is 0.600. The highest BCUT2D eigenvalue weighted by Crippen LogP contribution is 2.36. The molecule has 1 aromatic rings. The minimum absolute atomic E-state index is 0.294. The Balaban J connectivity index is 2.40. The normalized spacial score (nSPS) is 14.5. The molecule has 1 nitrogen and oxygen atoms in total. The Morgan fingerprint density at radius 2 is 1.77 bits per heavy atom. The summed E-state index contributed by atoms with van der Waals surface area (Å²) < 4.78 is 6.35. The third-order valence-corrected chi connectivity index (χ3v) is 9.34. The lowest BCUT2D eigenvalue weighted by molar-refractivity contribution is 0.248. The van der Waals surface area contributed by atoms with Crippen molar-refractivity contribution in [3.05, 3.63) is 48.0 Å². The quantitative estimate of drug-likeness (QED) is 0.408. The van der Waals surface area contributed by atoms with E-state index >= 15 is 0 Å². The molecule has 0 saturated heterocycles. The van der Waals surface area contributed by atoms with Crippen molar-refractivity contribution in [1.29, 1.82) is 0 Å². The van der Waals surface area contributed by atoms with Crippen LogP contribution in [0.4, 0.5) is 0 Å². The van der Waals surface area contributed by atoms with Gasteiger partial charge in [-0.1, -0.05) is 70.2 Å². The van der Waals surface area contributed by atoms with E-state index in [1.807, 2.05) is 0 Å². The summed E-state index contributed by atoms with van der Waals surface area (Å²) >= 11 is 0. The molecule has 0 saturated carbocycles. The zero-order valence-electron chi connectivity index (χ0n) is 15.4. The van der Waals surface area contributed by atoms with Gasteiger partial charge in [0.05, 0.1) is 0 Å². The molecule has 0 amide bonds. The van der Waals surface area contributed by atoms with Gasteiger partial charge >= 0.3 is 0 Å². The number of rotatable bonds is 8. The van der Waals surface area contributed by atoms with E-state index in [-0.39, 0.29) is 0 Å². The van der Waals surface area contributed by atoms with E-state index in [4.69, 9.17) is 4.43 Å². The van der Waals surface area contributed by atoms with Crippen molar-refractivity contribution in [3.8, 4) is 0 Å². The summed E-state index contributed by atoms with van der Waals surface area (Å²) in [6.45, 7) is 14.7. The third-order valence-electron chi connectivity index (χ3n) is 4.84. The highest BCUT2D eigenvalue weighted by molar-refractivity contribution is 6.74. The van der Waals surface area contributed by atoms with Gasteiger partial charge in [0.1, 0.15) is 0 Å². The Morgan fingerprint density at radius 1 is 1.14 bits per heavy atom. The van der Waals surface area contributed by atoms with Crippen molar-refractivity contribution >= 4 is 8.32 Å². The summed E-state index contributed by atoms with van der Waals surface area (Å²) in [5.41, 5.74) is 1.41. The largest absolute Gasteiger partial charge is 0.416 e. The standard InChI is InChI=1S/C20H34OSi/c1-7-18(17-21-22(5,6)20(2,3)4)13-11-12-16-19-14-9-8-10-15-19/h8-11,13-15,18H,7,12,16-17H2,1-6H3/b13-11+/t18-/m0/s1. The molecule has 0 aromatic heterocycles. The molecule has 0 radical (unpaired) electrons. The van der Waals surface area contributed by atoms with E-state index in [9.17, 15) is 0 Å². The van der Waals surface area contributed by atoms with Crippen LogP contribution in [-0.4, -0.2) is 14.9 Å². The van der Waals surface area contributed by atoms with Gasteiger partial charge in [-0.2, -0.15) is 0 Å². The maximum atomic E-state index is 6.35.